The normalized spacial score (nSPS) is 15.6. The van der Waals surface area contributed by atoms with Crippen molar-refractivity contribution in [3.8, 4) is 5.75 Å². The summed E-state index contributed by atoms with van der Waals surface area (Å²) in [5.74, 6) is 0.912. The van der Waals surface area contributed by atoms with Gasteiger partial charge in [-0.15, -0.1) is 0 Å². The minimum atomic E-state index is -0.305. The van der Waals surface area contributed by atoms with Gasteiger partial charge >= 0.3 is 0 Å². The van der Waals surface area contributed by atoms with E-state index in [4.69, 9.17) is 16.3 Å². The molecule has 0 unspecified atom stereocenters. The molecular formula is C28H38ClN3O3. The summed E-state index contributed by atoms with van der Waals surface area (Å²) < 4.78 is 6.09. The molecule has 2 aromatic carbocycles. The lowest BCUT2D eigenvalue weighted by atomic mass is 9.96. The highest BCUT2D eigenvalue weighted by atomic mass is 35.5. The van der Waals surface area contributed by atoms with Gasteiger partial charge in [0.05, 0.1) is 6.61 Å². The Morgan fingerprint density at radius 1 is 1.03 bits per heavy atom. The SMILES string of the molecule is CC(=O)NC(C)(C)CCOc1ccc([C@@H](C)N2CCN(C(=O)c3ccc(Cl)cc3)CC2)c(C)c1C. The predicted octanol–water partition coefficient (Wildman–Crippen LogP) is 5.16. The number of ether oxygens (including phenoxy) is 1. The topological polar surface area (TPSA) is 61.9 Å². The Bertz CT molecular complexity index is 1040. The van der Waals surface area contributed by atoms with Gasteiger partial charge in [-0.05, 0) is 81.6 Å². The van der Waals surface area contributed by atoms with Gasteiger partial charge in [0.25, 0.3) is 5.91 Å². The first kappa shape index (κ1) is 27.0. The molecule has 1 aliphatic heterocycles. The molecule has 0 bridgehead atoms. The molecule has 0 radical (unpaired) electrons. The van der Waals surface area contributed by atoms with E-state index in [2.05, 4.69) is 43.1 Å². The van der Waals surface area contributed by atoms with E-state index in [9.17, 15) is 9.59 Å². The summed E-state index contributed by atoms with van der Waals surface area (Å²) in [6, 6.07) is 11.6. The van der Waals surface area contributed by atoms with Crippen molar-refractivity contribution in [2.75, 3.05) is 32.8 Å². The van der Waals surface area contributed by atoms with E-state index in [0.29, 0.717) is 30.3 Å². The third-order valence-electron chi connectivity index (χ3n) is 6.97. The van der Waals surface area contributed by atoms with E-state index >= 15 is 0 Å². The van der Waals surface area contributed by atoms with Crippen LogP contribution in [0.4, 0.5) is 0 Å². The first-order valence-electron chi connectivity index (χ1n) is 12.3. The number of carbonyl (C=O) groups excluding carboxylic acids is 2. The van der Waals surface area contributed by atoms with Crippen molar-refractivity contribution in [1.29, 1.82) is 0 Å². The first-order valence-corrected chi connectivity index (χ1v) is 12.7. The number of piperazine rings is 1. The fraction of sp³-hybridized carbons (Fsp3) is 0.500. The van der Waals surface area contributed by atoms with Crippen LogP contribution in [0.25, 0.3) is 0 Å². The molecular weight excluding hydrogens is 462 g/mol. The zero-order chi connectivity index (χ0) is 25.8. The van der Waals surface area contributed by atoms with Crippen molar-refractivity contribution in [2.45, 2.75) is 59.5 Å². The molecule has 1 atom stereocenters. The van der Waals surface area contributed by atoms with Crippen LogP contribution in [-0.2, 0) is 4.79 Å². The minimum absolute atomic E-state index is 0.0319. The lowest BCUT2D eigenvalue weighted by Crippen LogP contribution is -2.49. The van der Waals surface area contributed by atoms with Crippen LogP contribution in [-0.4, -0.2) is 59.9 Å². The van der Waals surface area contributed by atoms with Crippen molar-refractivity contribution in [1.82, 2.24) is 15.1 Å². The zero-order valence-electron chi connectivity index (χ0n) is 21.8. The molecule has 1 saturated heterocycles. The van der Waals surface area contributed by atoms with E-state index in [1.807, 2.05) is 18.7 Å². The lowest BCUT2D eigenvalue weighted by molar-refractivity contribution is -0.120. The van der Waals surface area contributed by atoms with Gasteiger partial charge in [0.15, 0.2) is 0 Å². The highest BCUT2D eigenvalue weighted by Crippen LogP contribution is 2.31. The van der Waals surface area contributed by atoms with Gasteiger partial charge in [0.1, 0.15) is 5.75 Å². The van der Waals surface area contributed by atoms with Crippen molar-refractivity contribution in [2.24, 2.45) is 0 Å². The van der Waals surface area contributed by atoms with Crippen LogP contribution in [0.3, 0.4) is 0 Å². The Labute approximate surface area is 214 Å². The number of halogens is 1. The number of hydrogen-bond donors (Lipinski definition) is 1. The number of benzene rings is 2. The summed E-state index contributed by atoms with van der Waals surface area (Å²) in [5, 5.41) is 3.59. The quantitative estimate of drug-likeness (QED) is 0.545. The van der Waals surface area contributed by atoms with Crippen LogP contribution in [0.15, 0.2) is 36.4 Å². The Kier molecular flexibility index (Phi) is 8.84. The summed E-state index contributed by atoms with van der Waals surface area (Å²) in [6.07, 6.45) is 0.724. The van der Waals surface area contributed by atoms with Crippen LogP contribution in [0.2, 0.25) is 5.02 Å². The van der Waals surface area contributed by atoms with E-state index < -0.39 is 0 Å². The molecule has 1 N–H and O–H groups in total. The van der Waals surface area contributed by atoms with Gasteiger partial charge in [-0.2, -0.15) is 0 Å². The molecule has 2 aromatic rings. The van der Waals surface area contributed by atoms with E-state index in [0.717, 1.165) is 30.8 Å². The van der Waals surface area contributed by atoms with Crippen LogP contribution in [0, 0.1) is 13.8 Å². The molecule has 190 valence electrons. The fourth-order valence-corrected chi connectivity index (χ4v) is 4.79. The Hall–Kier alpha value is -2.57. The number of rotatable bonds is 8. The van der Waals surface area contributed by atoms with Gasteiger partial charge in [0, 0.05) is 61.7 Å². The molecule has 35 heavy (non-hydrogen) atoms. The maximum Gasteiger partial charge on any atom is 0.253 e. The Morgan fingerprint density at radius 2 is 1.66 bits per heavy atom. The maximum absolute atomic E-state index is 12.8. The summed E-state index contributed by atoms with van der Waals surface area (Å²) in [5.41, 5.74) is 4.03. The van der Waals surface area contributed by atoms with Crippen LogP contribution in [0.1, 0.15) is 67.2 Å². The second kappa shape index (κ2) is 11.4. The van der Waals surface area contributed by atoms with Crippen LogP contribution >= 0.6 is 11.6 Å². The first-order chi connectivity index (χ1) is 16.5. The number of nitrogens with zero attached hydrogens (tertiary/aromatic N) is 2. The number of hydrogen-bond acceptors (Lipinski definition) is 4. The molecule has 6 nitrogen and oxygen atoms in total. The molecule has 3 rings (SSSR count). The highest BCUT2D eigenvalue weighted by molar-refractivity contribution is 6.30. The third-order valence-corrected chi connectivity index (χ3v) is 7.22. The second-order valence-electron chi connectivity index (χ2n) is 10.1. The average molecular weight is 500 g/mol. The van der Waals surface area contributed by atoms with Crippen LogP contribution < -0.4 is 10.1 Å². The number of amides is 2. The molecule has 1 fully saturated rings. The van der Waals surface area contributed by atoms with Crippen molar-refractivity contribution in [3.05, 3.63) is 63.7 Å². The zero-order valence-corrected chi connectivity index (χ0v) is 22.5. The second-order valence-corrected chi connectivity index (χ2v) is 10.5. The standard InChI is InChI=1S/C28H38ClN3O3/c1-19-20(2)26(35-18-13-28(5,6)30-22(4)33)12-11-25(19)21(3)31-14-16-32(17-15-31)27(34)23-7-9-24(29)10-8-23/h7-12,21H,13-18H2,1-6H3,(H,30,33)/t21-/m1/s1. The highest BCUT2D eigenvalue weighted by Gasteiger charge is 2.27. The summed E-state index contributed by atoms with van der Waals surface area (Å²) in [4.78, 5) is 28.6. The maximum atomic E-state index is 12.8. The number of nitrogens with one attached hydrogen (secondary N) is 1. The summed E-state index contributed by atoms with van der Waals surface area (Å²) in [6.45, 7) is 15.6. The third kappa shape index (κ3) is 6.98. The molecule has 0 aromatic heterocycles. The predicted molar refractivity (Wildman–Crippen MR) is 141 cm³/mol. The van der Waals surface area contributed by atoms with E-state index in [1.54, 1.807) is 24.3 Å². The van der Waals surface area contributed by atoms with Gasteiger partial charge in [-0.25, -0.2) is 0 Å². The lowest BCUT2D eigenvalue weighted by Gasteiger charge is -2.39. The van der Waals surface area contributed by atoms with Crippen LogP contribution in [0.5, 0.6) is 5.75 Å². The van der Waals surface area contributed by atoms with Crippen molar-refractivity contribution >= 4 is 23.4 Å². The average Bonchev–Trinajstić information content (AvgIpc) is 2.81. The van der Waals surface area contributed by atoms with Gasteiger partial charge in [-0.1, -0.05) is 17.7 Å². The summed E-state index contributed by atoms with van der Waals surface area (Å²) in [7, 11) is 0. The van der Waals surface area contributed by atoms with E-state index in [1.165, 1.54) is 18.1 Å². The smallest absolute Gasteiger partial charge is 0.253 e. The largest absolute Gasteiger partial charge is 0.493 e. The van der Waals surface area contributed by atoms with E-state index in [-0.39, 0.29) is 23.4 Å². The Morgan fingerprint density at radius 3 is 2.26 bits per heavy atom. The molecule has 1 aliphatic rings. The summed E-state index contributed by atoms with van der Waals surface area (Å²) >= 11 is 5.95. The fourth-order valence-electron chi connectivity index (χ4n) is 4.66. The minimum Gasteiger partial charge on any atom is -0.493 e. The number of carbonyl (C=O) groups is 2. The molecule has 0 saturated carbocycles. The Balaban J connectivity index is 1.58. The molecule has 0 spiro atoms. The van der Waals surface area contributed by atoms with Crippen molar-refractivity contribution < 1.29 is 14.3 Å². The molecule has 1 heterocycles. The van der Waals surface area contributed by atoms with Gasteiger partial charge in [-0.3, -0.25) is 14.5 Å². The van der Waals surface area contributed by atoms with Crippen molar-refractivity contribution in [3.63, 3.8) is 0 Å². The molecule has 7 heteroatoms. The van der Waals surface area contributed by atoms with Gasteiger partial charge < -0.3 is 15.0 Å². The van der Waals surface area contributed by atoms with Gasteiger partial charge in [0.2, 0.25) is 5.91 Å². The monoisotopic (exact) mass is 499 g/mol. The molecule has 2 amide bonds. The molecule has 0 aliphatic carbocycles.